The highest BCUT2D eigenvalue weighted by atomic mass is 16.5. The third kappa shape index (κ3) is 3.11. The van der Waals surface area contributed by atoms with Crippen molar-refractivity contribution in [1.82, 2.24) is 19.9 Å². The van der Waals surface area contributed by atoms with Gasteiger partial charge in [-0.25, -0.2) is 9.97 Å². The topological polar surface area (TPSA) is 116 Å². The van der Waals surface area contributed by atoms with E-state index in [0.717, 1.165) is 22.6 Å². The predicted molar refractivity (Wildman–Crippen MR) is 106 cm³/mol. The fourth-order valence-corrected chi connectivity index (χ4v) is 2.87. The quantitative estimate of drug-likeness (QED) is 0.563. The van der Waals surface area contributed by atoms with Crippen molar-refractivity contribution in [1.29, 1.82) is 0 Å². The molecule has 0 unspecified atom stereocenters. The molecule has 0 bridgehead atoms. The summed E-state index contributed by atoms with van der Waals surface area (Å²) in [7, 11) is 3.20. The van der Waals surface area contributed by atoms with Gasteiger partial charge in [0.05, 0.1) is 25.6 Å². The van der Waals surface area contributed by atoms with Crippen LogP contribution in [-0.2, 0) is 0 Å². The smallest absolute Gasteiger partial charge is 0.280 e. The van der Waals surface area contributed by atoms with Gasteiger partial charge in [-0.1, -0.05) is 0 Å². The monoisotopic (exact) mass is 375 g/mol. The maximum atomic E-state index is 12.3. The van der Waals surface area contributed by atoms with Gasteiger partial charge in [0.15, 0.2) is 11.2 Å². The van der Waals surface area contributed by atoms with Crippen LogP contribution >= 0.6 is 0 Å². The first kappa shape index (κ1) is 17.5. The first-order valence-corrected chi connectivity index (χ1v) is 8.45. The first-order chi connectivity index (χ1) is 13.6. The van der Waals surface area contributed by atoms with Gasteiger partial charge in [0.25, 0.3) is 5.56 Å². The normalized spacial score (nSPS) is 10.8. The first-order valence-electron chi connectivity index (χ1n) is 8.45. The van der Waals surface area contributed by atoms with Gasteiger partial charge < -0.3 is 15.2 Å². The summed E-state index contributed by atoms with van der Waals surface area (Å²) in [5.41, 5.74) is 8.27. The van der Waals surface area contributed by atoms with Crippen LogP contribution in [0.3, 0.4) is 0 Å². The van der Waals surface area contributed by atoms with E-state index >= 15 is 0 Å². The number of methoxy groups -OCH3 is 2. The third-order valence-corrected chi connectivity index (χ3v) is 4.29. The number of aromatic amines is 1. The third-order valence-electron chi connectivity index (χ3n) is 4.29. The molecular weight excluding hydrogens is 358 g/mol. The van der Waals surface area contributed by atoms with E-state index in [2.05, 4.69) is 19.9 Å². The highest BCUT2D eigenvalue weighted by Gasteiger charge is 2.16. The summed E-state index contributed by atoms with van der Waals surface area (Å²) in [6, 6.07) is 14.8. The molecule has 0 aliphatic heterocycles. The number of nitrogens with one attached hydrogen (secondary N) is 1. The van der Waals surface area contributed by atoms with E-state index in [0.29, 0.717) is 11.4 Å². The Balaban J connectivity index is 1.99. The fourth-order valence-electron chi connectivity index (χ4n) is 2.87. The number of nitrogens with zero attached hydrogens (tertiary/aromatic N) is 3. The van der Waals surface area contributed by atoms with Crippen LogP contribution in [0.15, 0.2) is 53.3 Å². The molecule has 28 heavy (non-hydrogen) atoms. The zero-order valence-electron chi connectivity index (χ0n) is 15.3. The van der Waals surface area contributed by atoms with E-state index < -0.39 is 5.56 Å². The molecule has 4 rings (SSSR count). The Bertz CT molecular complexity index is 1200. The molecule has 4 aromatic rings. The van der Waals surface area contributed by atoms with Crippen LogP contribution in [0.5, 0.6) is 11.5 Å². The Morgan fingerprint density at radius 2 is 1.29 bits per heavy atom. The number of ether oxygens (including phenoxy) is 2. The molecule has 140 valence electrons. The summed E-state index contributed by atoms with van der Waals surface area (Å²) in [4.78, 5) is 28.0. The van der Waals surface area contributed by atoms with Crippen LogP contribution in [0.1, 0.15) is 0 Å². The number of anilines is 1. The Morgan fingerprint density at radius 1 is 0.786 bits per heavy atom. The van der Waals surface area contributed by atoms with Gasteiger partial charge in [0.2, 0.25) is 5.95 Å². The Labute approximate surface area is 160 Å². The second kappa shape index (κ2) is 6.99. The average Bonchev–Trinajstić information content (AvgIpc) is 2.73. The molecule has 0 radical (unpaired) electrons. The number of rotatable bonds is 4. The fraction of sp³-hybridized carbons (Fsp3) is 0.100. The largest absolute Gasteiger partial charge is 0.497 e. The highest BCUT2D eigenvalue weighted by molar-refractivity contribution is 5.84. The molecule has 2 heterocycles. The molecule has 0 aliphatic carbocycles. The van der Waals surface area contributed by atoms with Gasteiger partial charge in [0, 0.05) is 11.1 Å². The van der Waals surface area contributed by atoms with E-state index in [1.807, 2.05) is 48.5 Å². The van der Waals surface area contributed by atoms with Crippen LogP contribution in [0, 0.1) is 0 Å². The lowest BCUT2D eigenvalue weighted by atomic mass is 10.0. The molecular formula is C20H17N5O3. The van der Waals surface area contributed by atoms with Crippen molar-refractivity contribution in [3.63, 3.8) is 0 Å². The molecule has 0 saturated carbocycles. The Morgan fingerprint density at radius 3 is 1.79 bits per heavy atom. The molecule has 0 atom stereocenters. The molecule has 0 aliphatic rings. The van der Waals surface area contributed by atoms with Gasteiger partial charge in [-0.15, -0.1) is 0 Å². The molecule has 0 fully saturated rings. The van der Waals surface area contributed by atoms with Crippen LogP contribution in [0.25, 0.3) is 33.7 Å². The van der Waals surface area contributed by atoms with Crippen molar-refractivity contribution >= 4 is 17.1 Å². The summed E-state index contributed by atoms with van der Waals surface area (Å²) in [5.74, 6) is 1.43. The molecule has 2 aromatic heterocycles. The minimum atomic E-state index is -0.439. The molecule has 3 N–H and O–H groups in total. The minimum absolute atomic E-state index is 0.00956. The van der Waals surface area contributed by atoms with Gasteiger partial charge in [-0.2, -0.15) is 4.98 Å². The van der Waals surface area contributed by atoms with E-state index in [9.17, 15) is 4.79 Å². The summed E-state index contributed by atoms with van der Waals surface area (Å²) in [5, 5.41) is 0. The van der Waals surface area contributed by atoms with Crippen molar-refractivity contribution in [2.45, 2.75) is 0 Å². The number of hydrogen-bond acceptors (Lipinski definition) is 7. The standard InChI is InChI=1S/C20H17N5O3/c1-27-13-7-3-11(4-8-13)15-16(12-5-9-14(28-2)10-6-12)23-18-17(22-15)19(26)25-20(21)24-18/h3-10H,1-2H3,(H3,21,23,24,25,26). The lowest BCUT2D eigenvalue weighted by Gasteiger charge is -2.11. The van der Waals surface area contributed by atoms with Gasteiger partial charge in [0.1, 0.15) is 11.5 Å². The van der Waals surface area contributed by atoms with Gasteiger partial charge >= 0.3 is 0 Å². The maximum Gasteiger partial charge on any atom is 0.280 e. The average molecular weight is 375 g/mol. The Kier molecular flexibility index (Phi) is 4.36. The lowest BCUT2D eigenvalue weighted by Crippen LogP contribution is -2.14. The molecule has 0 saturated heterocycles. The summed E-state index contributed by atoms with van der Waals surface area (Å²) in [6.45, 7) is 0. The maximum absolute atomic E-state index is 12.3. The second-order valence-electron chi connectivity index (χ2n) is 6.00. The zero-order valence-corrected chi connectivity index (χ0v) is 15.3. The van der Waals surface area contributed by atoms with E-state index in [1.165, 1.54) is 0 Å². The van der Waals surface area contributed by atoms with Gasteiger partial charge in [-0.3, -0.25) is 9.78 Å². The van der Waals surface area contributed by atoms with Crippen molar-refractivity contribution in [3.05, 3.63) is 58.9 Å². The van der Waals surface area contributed by atoms with E-state index in [-0.39, 0.29) is 17.1 Å². The van der Waals surface area contributed by atoms with E-state index in [4.69, 9.17) is 15.2 Å². The van der Waals surface area contributed by atoms with Crippen LogP contribution in [0.4, 0.5) is 5.95 Å². The molecule has 8 nitrogen and oxygen atoms in total. The van der Waals surface area contributed by atoms with Crippen molar-refractivity contribution < 1.29 is 9.47 Å². The highest BCUT2D eigenvalue weighted by Crippen LogP contribution is 2.31. The van der Waals surface area contributed by atoms with Crippen molar-refractivity contribution in [2.75, 3.05) is 20.0 Å². The SMILES string of the molecule is COc1ccc(-c2nc3nc(N)[nH]c(=O)c3nc2-c2ccc(OC)cc2)cc1. The Hall–Kier alpha value is -3.94. The number of benzene rings is 2. The molecule has 0 spiro atoms. The second-order valence-corrected chi connectivity index (χ2v) is 6.00. The van der Waals surface area contributed by atoms with Crippen LogP contribution in [0.2, 0.25) is 0 Å². The number of nitrogens with two attached hydrogens (primary N) is 1. The number of nitrogen functional groups attached to an aromatic ring is 1. The molecule has 2 aromatic carbocycles. The number of fused-ring (bicyclic) bond motifs is 1. The summed E-state index contributed by atoms with van der Waals surface area (Å²) >= 11 is 0. The molecule has 8 heteroatoms. The number of aromatic nitrogens is 4. The minimum Gasteiger partial charge on any atom is -0.497 e. The van der Waals surface area contributed by atoms with Gasteiger partial charge in [-0.05, 0) is 48.5 Å². The summed E-state index contributed by atoms with van der Waals surface area (Å²) in [6.07, 6.45) is 0. The van der Waals surface area contributed by atoms with E-state index in [1.54, 1.807) is 14.2 Å². The summed E-state index contributed by atoms with van der Waals surface area (Å²) < 4.78 is 10.4. The number of hydrogen-bond donors (Lipinski definition) is 2. The van der Waals surface area contributed by atoms with Crippen molar-refractivity contribution in [2.24, 2.45) is 0 Å². The lowest BCUT2D eigenvalue weighted by molar-refractivity contribution is 0.414. The van der Waals surface area contributed by atoms with Crippen LogP contribution in [-0.4, -0.2) is 34.2 Å². The van der Waals surface area contributed by atoms with Crippen molar-refractivity contribution in [3.8, 4) is 34.0 Å². The zero-order chi connectivity index (χ0) is 19.7. The predicted octanol–water partition coefficient (Wildman–Crippen LogP) is 2.65. The number of H-pyrrole nitrogens is 1. The van der Waals surface area contributed by atoms with Crippen LogP contribution < -0.4 is 20.8 Å². The molecule has 0 amide bonds.